The molecule has 0 bridgehead atoms. The van der Waals surface area contributed by atoms with E-state index in [1.54, 1.807) is 6.07 Å². The molecule has 7 heteroatoms. The Hall–Kier alpha value is -1.89. The van der Waals surface area contributed by atoms with E-state index in [1.807, 2.05) is 37.3 Å². The van der Waals surface area contributed by atoms with Gasteiger partial charge < -0.3 is 4.42 Å². The highest BCUT2D eigenvalue weighted by atomic mass is 79.9. The number of amides is 1. The summed E-state index contributed by atoms with van der Waals surface area (Å²) in [7, 11) is 0. The molecular weight excluding hydrogens is 412 g/mol. The molecule has 1 amide bonds. The Balaban J connectivity index is 1.69. The average molecular weight is 422 g/mol. The van der Waals surface area contributed by atoms with Crippen LogP contribution in [0.1, 0.15) is 16.1 Å². The number of carbonyl (C=O) groups is 1. The number of nitrogens with one attached hydrogen (secondary N) is 1. The van der Waals surface area contributed by atoms with Gasteiger partial charge in [-0.15, -0.1) is 0 Å². The molecule has 4 aromatic rings. The predicted molar refractivity (Wildman–Crippen MR) is 101 cm³/mol. The van der Waals surface area contributed by atoms with Crippen LogP contribution in [0.25, 0.3) is 21.2 Å². The molecule has 24 heavy (non-hydrogen) atoms. The van der Waals surface area contributed by atoms with Gasteiger partial charge in [-0.05, 0) is 43.3 Å². The summed E-state index contributed by atoms with van der Waals surface area (Å²) in [5, 5.41) is 4.87. The van der Waals surface area contributed by atoms with Crippen LogP contribution in [0, 0.1) is 6.92 Å². The third kappa shape index (κ3) is 2.70. The van der Waals surface area contributed by atoms with Gasteiger partial charge in [0.05, 0.1) is 10.2 Å². The molecular formula is C17H10BrClN2O2S. The Morgan fingerprint density at radius 3 is 2.96 bits per heavy atom. The standard InChI is InChI=1S/C17H10BrClN2O2S/c1-8-11-6-9(18)2-5-13(11)23-15(8)16(22)21-17-20-12-4-3-10(19)7-14(12)24-17/h2-7H,1H3,(H,20,21,22). The molecule has 0 fully saturated rings. The molecule has 0 atom stereocenters. The number of nitrogens with zero attached hydrogens (tertiary/aromatic N) is 1. The van der Waals surface area contributed by atoms with Gasteiger partial charge in [-0.3, -0.25) is 10.1 Å². The van der Waals surface area contributed by atoms with Gasteiger partial charge in [-0.2, -0.15) is 0 Å². The summed E-state index contributed by atoms with van der Waals surface area (Å²) in [4.78, 5) is 17.0. The van der Waals surface area contributed by atoms with Crippen molar-refractivity contribution in [3.63, 3.8) is 0 Å². The maximum Gasteiger partial charge on any atom is 0.293 e. The number of thiazole rings is 1. The topological polar surface area (TPSA) is 55.1 Å². The summed E-state index contributed by atoms with van der Waals surface area (Å²) < 4.78 is 7.56. The fourth-order valence-electron chi connectivity index (χ4n) is 2.52. The van der Waals surface area contributed by atoms with E-state index in [-0.39, 0.29) is 5.91 Å². The molecule has 4 rings (SSSR count). The average Bonchev–Trinajstić information content (AvgIpc) is 3.08. The maximum atomic E-state index is 12.6. The van der Waals surface area contributed by atoms with Crippen molar-refractivity contribution < 1.29 is 9.21 Å². The van der Waals surface area contributed by atoms with Gasteiger partial charge in [-0.1, -0.05) is 38.9 Å². The van der Waals surface area contributed by atoms with Crippen molar-refractivity contribution in [3.8, 4) is 0 Å². The van der Waals surface area contributed by atoms with Crippen molar-refractivity contribution in [2.75, 3.05) is 5.32 Å². The number of aromatic nitrogens is 1. The lowest BCUT2D eigenvalue weighted by atomic mass is 10.1. The molecule has 0 saturated heterocycles. The summed E-state index contributed by atoms with van der Waals surface area (Å²) in [5.41, 5.74) is 2.27. The summed E-state index contributed by atoms with van der Waals surface area (Å²) in [5.74, 6) is -0.0228. The van der Waals surface area contributed by atoms with E-state index in [4.69, 9.17) is 16.0 Å². The van der Waals surface area contributed by atoms with Crippen LogP contribution in [-0.4, -0.2) is 10.9 Å². The quantitative estimate of drug-likeness (QED) is 0.430. The minimum absolute atomic E-state index is 0.292. The minimum atomic E-state index is -0.315. The van der Waals surface area contributed by atoms with E-state index in [2.05, 4.69) is 26.2 Å². The zero-order chi connectivity index (χ0) is 16.8. The van der Waals surface area contributed by atoms with Crippen molar-refractivity contribution >= 4 is 71.1 Å². The second-order valence-electron chi connectivity index (χ2n) is 5.28. The highest BCUT2D eigenvalue weighted by molar-refractivity contribution is 9.10. The van der Waals surface area contributed by atoms with Crippen molar-refractivity contribution in [2.24, 2.45) is 0 Å². The molecule has 2 heterocycles. The van der Waals surface area contributed by atoms with E-state index in [9.17, 15) is 4.79 Å². The van der Waals surface area contributed by atoms with E-state index in [0.717, 1.165) is 25.6 Å². The van der Waals surface area contributed by atoms with Crippen molar-refractivity contribution in [1.82, 2.24) is 4.98 Å². The second kappa shape index (κ2) is 5.88. The van der Waals surface area contributed by atoms with Crippen LogP contribution < -0.4 is 5.32 Å². The lowest BCUT2D eigenvalue weighted by Crippen LogP contribution is -2.11. The molecule has 1 N–H and O–H groups in total. The number of benzene rings is 2. The zero-order valence-electron chi connectivity index (χ0n) is 12.4. The highest BCUT2D eigenvalue weighted by Gasteiger charge is 2.19. The Morgan fingerprint density at radius 2 is 2.12 bits per heavy atom. The Morgan fingerprint density at radius 1 is 1.29 bits per heavy atom. The van der Waals surface area contributed by atoms with Crippen molar-refractivity contribution in [1.29, 1.82) is 0 Å². The van der Waals surface area contributed by atoms with E-state index >= 15 is 0 Å². The lowest BCUT2D eigenvalue weighted by molar-refractivity contribution is 0.0998. The monoisotopic (exact) mass is 420 g/mol. The molecule has 0 aliphatic heterocycles. The van der Waals surface area contributed by atoms with Crippen LogP contribution in [0.4, 0.5) is 5.13 Å². The van der Waals surface area contributed by atoms with Gasteiger partial charge in [-0.25, -0.2) is 4.98 Å². The molecule has 4 nitrogen and oxygen atoms in total. The summed E-state index contributed by atoms with van der Waals surface area (Å²) in [6.45, 7) is 1.87. The first kappa shape index (κ1) is 15.6. The molecule has 0 radical (unpaired) electrons. The van der Waals surface area contributed by atoms with Gasteiger partial charge >= 0.3 is 0 Å². The Labute approximate surface area is 154 Å². The zero-order valence-corrected chi connectivity index (χ0v) is 15.6. The fourth-order valence-corrected chi connectivity index (χ4v) is 4.01. The molecule has 2 aromatic heterocycles. The van der Waals surface area contributed by atoms with Crippen LogP contribution in [0.15, 0.2) is 45.3 Å². The number of hydrogen-bond donors (Lipinski definition) is 1. The minimum Gasteiger partial charge on any atom is -0.451 e. The summed E-state index contributed by atoms with van der Waals surface area (Å²) in [6.07, 6.45) is 0. The highest BCUT2D eigenvalue weighted by Crippen LogP contribution is 2.31. The summed E-state index contributed by atoms with van der Waals surface area (Å²) in [6, 6.07) is 11.1. The molecule has 0 unspecified atom stereocenters. The number of furan rings is 1. The number of halogens is 2. The summed E-state index contributed by atoms with van der Waals surface area (Å²) >= 11 is 10.8. The third-order valence-electron chi connectivity index (χ3n) is 3.68. The fraction of sp³-hybridized carbons (Fsp3) is 0.0588. The molecule has 120 valence electrons. The molecule has 0 aliphatic rings. The van der Waals surface area contributed by atoms with Crippen LogP contribution in [0.2, 0.25) is 5.02 Å². The van der Waals surface area contributed by atoms with Crippen LogP contribution in [0.3, 0.4) is 0 Å². The molecule has 0 saturated carbocycles. The van der Waals surface area contributed by atoms with Crippen LogP contribution in [-0.2, 0) is 0 Å². The molecule has 2 aromatic carbocycles. The molecule has 0 spiro atoms. The normalized spacial score (nSPS) is 11.3. The van der Waals surface area contributed by atoms with Gasteiger partial charge in [0, 0.05) is 20.4 Å². The first-order valence-corrected chi connectivity index (χ1v) is 9.06. The second-order valence-corrected chi connectivity index (χ2v) is 7.66. The van der Waals surface area contributed by atoms with E-state index < -0.39 is 0 Å². The SMILES string of the molecule is Cc1c(C(=O)Nc2nc3ccc(Cl)cc3s2)oc2ccc(Br)cc12. The number of anilines is 1. The molecule has 0 aliphatic carbocycles. The van der Waals surface area contributed by atoms with Gasteiger partial charge in [0.1, 0.15) is 5.58 Å². The Bertz CT molecular complexity index is 1100. The number of hydrogen-bond acceptors (Lipinski definition) is 4. The van der Waals surface area contributed by atoms with Crippen LogP contribution >= 0.6 is 38.9 Å². The number of fused-ring (bicyclic) bond motifs is 2. The van der Waals surface area contributed by atoms with Crippen molar-refractivity contribution in [3.05, 3.63) is 57.2 Å². The number of carbonyl (C=O) groups excluding carboxylic acids is 1. The van der Waals surface area contributed by atoms with Crippen molar-refractivity contribution in [2.45, 2.75) is 6.92 Å². The van der Waals surface area contributed by atoms with E-state index in [0.29, 0.717) is 21.5 Å². The lowest BCUT2D eigenvalue weighted by Gasteiger charge is -1.98. The van der Waals surface area contributed by atoms with Gasteiger partial charge in [0.2, 0.25) is 0 Å². The van der Waals surface area contributed by atoms with Gasteiger partial charge in [0.25, 0.3) is 5.91 Å². The van der Waals surface area contributed by atoms with Crippen LogP contribution in [0.5, 0.6) is 0 Å². The Kier molecular flexibility index (Phi) is 3.83. The first-order valence-electron chi connectivity index (χ1n) is 7.07. The smallest absolute Gasteiger partial charge is 0.293 e. The number of aryl methyl sites for hydroxylation is 1. The first-order chi connectivity index (χ1) is 11.5. The number of rotatable bonds is 2. The third-order valence-corrected chi connectivity index (χ3v) is 5.34. The largest absolute Gasteiger partial charge is 0.451 e. The van der Waals surface area contributed by atoms with E-state index in [1.165, 1.54) is 11.3 Å². The predicted octanol–water partition coefficient (Wildman–Crippen LogP) is 6.02. The van der Waals surface area contributed by atoms with Gasteiger partial charge in [0.15, 0.2) is 10.9 Å². The maximum absolute atomic E-state index is 12.6.